The average Bonchev–Trinajstić information content (AvgIpc) is 2.48. The molecule has 0 bridgehead atoms. The number of ketones is 1. The Hall–Kier alpha value is -0.850. The van der Waals surface area contributed by atoms with Crippen LogP contribution in [0.3, 0.4) is 0 Å². The lowest BCUT2D eigenvalue weighted by molar-refractivity contribution is -0.116. The van der Waals surface area contributed by atoms with Gasteiger partial charge in [-0.1, -0.05) is 39.8 Å². The summed E-state index contributed by atoms with van der Waals surface area (Å²) in [7, 11) is 0. The summed E-state index contributed by atoms with van der Waals surface area (Å²) < 4.78 is 0. The van der Waals surface area contributed by atoms with Gasteiger partial charge in [0.1, 0.15) is 5.78 Å². The van der Waals surface area contributed by atoms with Gasteiger partial charge in [0, 0.05) is 6.42 Å². The van der Waals surface area contributed by atoms with Crippen LogP contribution in [0.2, 0.25) is 0 Å². The van der Waals surface area contributed by atoms with Gasteiger partial charge in [-0.2, -0.15) is 0 Å². The van der Waals surface area contributed by atoms with Gasteiger partial charge >= 0.3 is 0 Å². The maximum absolute atomic E-state index is 11.4. The third-order valence-electron chi connectivity index (χ3n) is 4.28. The molecule has 0 aromatic heterocycles. The number of carbonyl (C=O) groups excluding carboxylic acids is 1. The molecule has 2 aliphatic carbocycles. The van der Waals surface area contributed by atoms with Crippen molar-refractivity contribution < 1.29 is 4.79 Å². The van der Waals surface area contributed by atoms with Crippen molar-refractivity contribution >= 4 is 5.78 Å². The average molecular weight is 232 g/mol. The summed E-state index contributed by atoms with van der Waals surface area (Å²) in [4.78, 5) is 11.4. The molecule has 94 valence electrons. The second kappa shape index (κ2) is 3.83. The molecule has 0 amide bonds. The van der Waals surface area contributed by atoms with Gasteiger partial charge in [-0.25, -0.2) is 0 Å². The van der Waals surface area contributed by atoms with Crippen molar-refractivity contribution in [3.05, 3.63) is 23.3 Å². The zero-order chi connectivity index (χ0) is 12.8. The number of allylic oxidation sites excluding steroid dienone is 4. The highest BCUT2D eigenvalue weighted by Gasteiger charge is 2.43. The van der Waals surface area contributed by atoms with Gasteiger partial charge in [-0.3, -0.25) is 4.79 Å². The van der Waals surface area contributed by atoms with E-state index in [1.807, 2.05) is 0 Å². The number of carbonyl (C=O) groups is 1. The maximum atomic E-state index is 11.4. The van der Waals surface area contributed by atoms with Crippen LogP contribution in [-0.4, -0.2) is 5.78 Å². The Kier molecular flexibility index (Phi) is 2.84. The highest BCUT2D eigenvalue weighted by Crippen LogP contribution is 2.54. The lowest BCUT2D eigenvalue weighted by atomic mass is 9.66. The van der Waals surface area contributed by atoms with Crippen LogP contribution in [0, 0.1) is 16.7 Å². The van der Waals surface area contributed by atoms with E-state index < -0.39 is 0 Å². The molecule has 0 fully saturated rings. The number of rotatable bonds is 2. The lowest BCUT2D eigenvalue weighted by Crippen LogP contribution is -2.28. The molecule has 2 rings (SSSR count). The van der Waals surface area contributed by atoms with Crippen molar-refractivity contribution in [2.45, 2.75) is 53.9 Å². The van der Waals surface area contributed by atoms with Gasteiger partial charge in [-0.05, 0) is 47.7 Å². The van der Waals surface area contributed by atoms with Crippen molar-refractivity contribution in [3.8, 4) is 0 Å². The van der Waals surface area contributed by atoms with Crippen LogP contribution < -0.4 is 0 Å². The van der Waals surface area contributed by atoms with Crippen LogP contribution >= 0.6 is 0 Å². The molecular formula is C16H24O. The number of Topliss-reactive ketones (excluding diaryl/α,β-unsaturated/α-hetero) is 1. The Morgan fingerprint density at radius 2 is 2.00 bits per heavy atom. The first-order chi connectivity index (χ1) is 7.71. The Morgan fingerprint density at radius 3 is 2.59 bits per heavy atom. The van der Waals surface area contributed by atoms with E-state index >= 15 is 0 Å². The minimum Gasteiger partial charge on any atom is -0.300 e. The molecule has 1 unspecified atom stereocenters. The number of hydrogen-bond donors (Lipinski definition) is 0. The zero-order valence-corrected chi connectivity index (χ0v) is 11.8. The quantitative estimate of drug-likeness (QED) is 0.694. The monoisotopic (exact) mass is 232 g/mol. The highest BCUT2D eigenvalue weighted by molar-refractivity contribution is 5.79. The van der Waals surface area contributed by atoms with E-state index in [1.165, 1.54) is 17.6 Å². The number of hydrogen-bond acceptors (Lipinski definition) is 1. The molecular weight excluding hydrogens is 208 g/mol. The predicted octanol–water partition coefficient (Wildman–Crippen LogP) is 4.29. The fraction of sp³-hybridized carbons (Fsp3) is 0.688. The molecule has 0 radical (unpaired) electrons. The summed E-state index contributed by atoms with van der Waals surface area (Å²) in [6, 6.07) is 0. The Labute approximate surface area is 105 Å². The minimum absolute atomic E-state index is 0.278. The van der Waals surface area contributed by atoms with Crippen molar-refractivity contribution in [1.82, 2.24) is 0 Å². The van der Waals surface area contributed by atoms with E-state index in [2.05, 4.69) is 39.8 Å². The molecule has 0 heterocycles. The van der Waals surface area contributed by atoms with Crippen molar-refractivity contribution in [3.63, 3.8) is 0 Å². The summed E-state index contributed by atoms with van der Waals surface area (Å²) >= 11 is 0. The molecule has 0 aliphatic heterocycles. The van der Waals surface area contributed by atoms with Gasteiger partial charge in [0.05, 0.1) is 0 Å². The molecule has 1 nitrogen and oxygen atoms in total. The first-order valence-electron chi connectivity index (χ1n) is 6.63. The van der Waals surface area contributed by atoms with Crippen LogP contribution in [0.1, 0.15) is 53.9 Å². The van der Waals surface area contributed by atoms with Crippen LogP contribution in [0.25, 0.3) is 0 Å². The molecule has 0 N–H and O–H groups in total. The second-order valence-corrected chi connectivity index (χ2v) is 7.15. The van der Waals surface area contributed by atoms with E-state index in [1.54, 1.807) is 6.92 Å². The molecule has 1 heteroatoms. The van der Waals surface area contributed by atoms with Gasteiger partial charge in [0.2, 0.25) is 0 Å². The third kappa shape index (κ3) is 2.38. The zero-order valence-electron chi connectivity index (χ0n) is 11.8. The van der Waals surface area contributed by atoms with Crippen LogP contribution in [0.4, 0.5) is 0 Å². The first-order valence-corrected chi connectivity index (χ1v) is 6.63. The molecule has 0 saturated carbocycles. The fourth-order valence-corrected chi connectivity index (χ4v) is 3.32. The standard InChI is InChI=1S/C16H24O/c1-11(17)8-12-6-7-16(4,5)14-10-15(2,3)9-13(12)14/h6,9,14H,7-8,10H2,1-5H3. The van der Waals surface area contributed by atoms with Crippen LogP contribution in [0.5, 0.6) is 0 Å². The summed E-state index contributed by atoms with van der Waals surface area (Å²) in [5.74, 6) is 0.914. The third-order valence-corrected chi connectivity index (χ3v) is 4.28. The van der Waals surface area contributed by atoms with E-state index in [0.29, 0.717) is 17.8 Å². The van der Waals surface area contributed by atoms with Gasteiger partial charge < -0.3 is 0 Å². The van der Waals surface area contributed by atoms with Crippen molar-refractivity contribution in [1.29, 1.82) is 0 Å². The van der Waals surface area contributed by atoms with Gasteiger partial charge in [0.25, 0.3) is 0 Å². The second-order valence-electron chi connectivity index (χ2n) is 7.15. The van der Waals surface area contributed by atoms with E-state index in [9.17, 15) is 4.79 Å². The largest absolute Gasteiger partial charge is 0.300 e. The Bertz CT molecular complexity index is 407. The Balaban J connectivity index is 2.37. The number of fused-ring (bicyclic) bond motifs is 1. The molecule has 1 atom stereocenters. The molecule has 2 aliphatic rings. The SMILES string of the molecule is CC(=O)CC1=CCC(C)(C)C2CC(C)(C)C=C12. The molecule has 17 heavy (non-hydrogen) atoms. The van der Waals surface area contributed by atoms with Crippen molar-refractivity contribution in [2.24, 2.45) is 16.7 Å². The molecule has 0 aromatic rings. The van der Waals surface area contributed by atoms with Crippen molar-refractivity contribution in [2.75, 3.05) is 0 Å². The highest BCUT2D eigenvalue weighted by atomic mass is 16.1. The lowest BCUT2D eigenvalue weighted by Gasteiger charge is -2.38. The normalized spacial score (nSPS) is 29.4. The minimum atomic E-state index is 0.278. The van der Waals surface area contributed by atoms with E-state index in [0.717, 1.165) is 6.42 Å². The summed E-state index contributed by atoms with van der Waals surface area (Å²) in [5.41, 5.74) is 3.39. The summed E-state index contributed by atoms with van der Waals surface area (Å²) in [5, 5.41) is 0. The summed E-state index contributed by atoms with van der Waals surface area (Å²) in [6.45, 7) is 11.0. The molecule has 0 aromatic carbocycles. The predicted molar refractivity (Wildman–Crippen MR) is 71.8 cm³/mol. The topological polar surface area (TPSA) is 17.1 Å². The fourth-order valence-electron chi connectivity index (χ4n) is 3.32. The Morgan fingerprint density at radius 1 is 1.35 bits per heavy atom. The van der Waals surface area contributed by atoms with Crippen LogP contribution in [-0.2, 0) is 4.79 Å². The molecule has 0 spiro atoms. The van der Waals surface area contributed by atoms with E-state index in [-0.39, 0.29) is 11.2 Å². The molecule has 0 saturated heterocycles. The van der Waals surface area contributed by atoms with Crippen LogP contribution in [0.15, 0.2) is 23.3 Å². The first kappa shape index (κ1) is 12.6. The summed E-state index contributed by atoms with van der Waals surface area (Å²) in [6.07, 6.45) is 7.66. The maximum Gasteiger partial charge on any atom is 0.134 e. The smallest absolute Gasteiger partial charge is 0.134 e. The van der Waals surface area contributed by atoms with Gasteiger partial charge in [-0.15, -0.1) is 0 Å². The van der Waals surface area contributed by atoms with Gasteiger partial charge in [0.15, 0.2) is 0 Å². The van der Waals surface area contributed by atoms with E-state index in [4.69, 9.17) is 0 Å².